The first-order chi connectivity index (χ1) is 6.60. The van der Waals surface area contributed by atoms with Crippen LogP contribution < -0.4 is 5.73 Å². The Kier molecular flexibility index (Phi) is 3.14. The van der Waals surface area contributed by atoms with Gasteiger partial charge in [0.05, 0.1) is 14.6 Å². The van der Waals surface area contributed by atoms with Crippen molar-refractivity contribution < 1.29 is 0 Å². The third kappa shape index (κ3) is 2.12. The number of nitrogens with zero attached hydrogens (tertiary/aromatic N) is 1. The summed E-state index contributed by atoms with van der Waals surface area (Å²) in [5, 5.41) is 1.13. The van der Waals surface area contributed by atoms with Crippen molar-refractivity contribution in [2.45, 2.75) is 38.1 Å². The Bertz CT molecular complexity index is 326. The first-order valence-electron chi connectivity index (χ1n) is 5.01. The van der Waals surface area contributed by atoms with Gasteiger partial charge in [0.15, 0.2) is 0 Å². The molecule has 1 aliphatic rings. The highest BCUT2D eigenvalue weighted by Gasteiger charge is 2.35. The van der Waals surface area contributed by atoms with Gasteiger partial charge >= 0.3 is 0 Å². The summed E-state index contributed by atoms with van der Waals surface area (Å²) in [5.41, 5.74) is 6.30. The van der Waals surface area contributed by atoms with Crippen LogP contribution in [0.2, 0.25) is 0 Å². The van der Waals surface area contributed by atoms with Gasteiger partial charge in [0, 0.05) is 0 Å². The molecule has 4 heteroatoms. The van der Waals surface area contributed by atoms with Crippen LogP contribution in [0.25, 0.3) is 0 Å². The molecule has 0 bridgehead atoms. The van der Waals surface area contributed by atoms with E-state index in [4.69, 9.17) is 5.73 Å². The maximum absolute atomic E-state index is 6.43. The van der Waals surface area contributed by atoms with Crippen molar-refractivity contribution in [2.24, 2.45) is 11.7 Å². The molecule has 2 N–H and O–H groups in total. The van der Waals surface area contributed by atoms with Crippen LogP contribution >= 0.6 is 33.9 Å². The zero-order valence-electron chi connectivity index (χ0n) is 8.29. The van der Waals surface area contributed by atoms with Crippen molar-refractivity contribution in [3.63, 3.8) is 0 Å². The summed E-state index contributed by atoms with van der Waals surface area (Å²) in [5.74, 6) is 0.746. The number of hydrogen-bond donors (Lipinski definition) is 1. The number of hydrogen-bond acceptors (Lipinski definition) is 3. The Morgan fingerprint density at radius 1 is 1.71 bits per heavy atom. The first-order valence-corrected chi connectivity index (χ1v) is 6.90. The topological polar surface area (TPSA) is 38.9 Å². The Morgan fingerprint density at radius 3 is 3.07 bits per heavy atom. The molecular weight excluding hydrogens is 307 g/mol. The minimum atomic E-state index is -0.133. The Labute approximate surface area is 102 Å². The molecule has 2 rings (SSSR count). The molecule has 2 nitrogen and oxygen atoms in total. The molecule has 1 heterocycles. The van der Waals surface area contributed by atoms with E-state index in [2.05, 4.69) is 34.5 Å². The summed E-state index contributed by atoms with van der Waals surface area (Å²) >= 11 is 4.05. The fraction of sp³-hybridized carbons (Fsp3) is 0.700. The van der Waals surface area contributed by atoms with Crippen molar-refractivity contribution in [1.82, 2.24) is 4.98 Å². The third-order valence-corrected chi connectivity index (χ3v) is 4.88. The highest BCUT2D eigenvalue weighted by Crippen LogP contribution is 2.39. The molecule has 1 aromatic heterocycles. The molecule has 1 saturated carbocycles. The third-order valence-electron chi connectivity index (χ3n) is 2.94. The van der Waals surface area contributed by atoms with Crippen LogP contribution in [0.4, 0.5) is 0 Å². The van der Waals surface area contributed by atoms with Crippen LogP contribution in [-0.4, -0.2) is 4.98 Å². The predicted octanol–water partition coefficient (Wildman–Crippen LogP) is 3.11. The quantitative estimate of drug-likeness (QED) is 0.807. The molecule has 0 saturated heterocycles. The largest absolute Gasteiger partial charge is 0.319 e. The van der Waals surface area contributed by atoms with Crippen LogP contribution in [0.1, 0.15) is 37.6 Å². The van der Waals surface area contributed by atoms with Crippen molar-refractivity contribution in [3.05, 3.63) is 14.1 Å². The van der Waals surface area contributed by atoms with Gasteiger partial charge in [-0.2, -0.15) is 0 Å². The van der Waals surface area contributed by atoms with Crippen molar-refractivity contribution >= 4 is 33.9 Å². The minimum absolute atomic E-state index is 0.133. The summed E-state index contributed by atoms with van der Waals surface area (Å²) in [6, 6.07) is 0. The van der Waals surface area contributed by atoms with E-state index in [1.54, 1.807) is 11.3 Å². The van der Waals surface area contributed by atoms with Gasteiger partial charge in [0.25, 0.3) is 0 Å². The normalized spacial score (nSPS) is 33.2. The van der Waals surface area contributed by atoms with E-state index < -0.39 is 0 Å². The fourth-order valence-corrected chi connectivity index (χ4v) is 3.82. The molecule has 0 aromatic carbocycles. The number of thiazole rings is 1. The lowest BCUT2D eigenvalue weighted by Gasteiger charge is -2.34. The van der Waals surface area contributed by atoms with Gasteiger partial charge in [0.1, 0.15) is 5.01 Å². The van der Waals surface area contributed by atoms with E-state index in [1.807, 2.05) is 6.20 Å². The van der Waals surface area contributed by atoms with Crippen molar-refractivity contribution in [2.75, 3.05) is 0 Å². The van der Waals surface area contributed by atoms with Crippen LogP contribution in [0.5, 0.6) is 0 Å². The second kappa shape index (κ2) is 4.06. The molecule has 1 aliphatic carbocycles. The van der Waals surface area contributed by atoms with E-state index in [0.717, 1.165) is 23.8 Å². The average molecular weight is 322 g/mol. The van der Waals surface area contributed by atoms with Gasteiger partial charge in [-0.15, -0.1) is 11.3 Å². The molecule has 1 fully saturated rings. The monoisotopic (exact) mass is 322 g/mol. The van der Waals surface area contributed by atoms with E-state index in [0.29, 0.717) is 0 Å². The standard InChI is InChI=1S/C10H15IN2S/c1-7-3-2-4-10(12,5-7)9-13-6-8(11)14-9/h6-7H,2-5,12H2,1H3. The van der Waals surface area contributed by atoms with Crippen molar-refractivity contribution in [1.29, 1.82) is 0 Å². The molecule has 2 atom stereocenters. The Morgan fingerprint density at radius 2 is 2.50 bits per heavy atom. The van der Waals surface area contributed by atoms with E-state index in [1.165, 1.54) is 15.7 Å². The maximum Gasteiger partial charge on any atom is 0.113 e. The zero-order chi connectivity index (χ0) is 10.2. The molecule has 2 unspecified atom stereocenters. The summed E-state index contributed by atoms with van der Waals surface area (Å²) in [6.45, 7) is 2.29. The lowest BCUT2D eigenvalue weighted by atomic mass is 9.77. The summed E-state index contributed by atoms with van der Waals surface area (Å²) in [6.07, 6.45) is 6.68. The lowest BCUT2D eigenvalue weighted by molar-refractivity contribution is 0.238. The van der Waals surface area contributed by atoms with Crippen molar-refractivity contribution in [3.8, 4) is 0 Å². The van der Waals surface area contributed by atoms with Gasteiger partial charge < -0.3 is 5.73 Å². The number of aromatic nitrogens is 1. The van der Waals surface area contributed by atoms with Gasteiger partial charge in [-0.05, 0) is 41.4 Å². The summed E-state index contributed by atoms with van der Waals surface area (Å²) < 4.78 is 1.24. The van der Waals surface area contributed by atoms with Crippen LogP contribution in [0.15, 0.2) is 6.20 Å². The second-order valence-corrected chi connectivity index (χ2v) is 7.25. The van der Waals surface area contributed by atoms with Gasteiger partial charge in [-0.3, -0.25) is 0 Å². The molecule has 0 aliphatic heterocycles. The first kappa shape index (κ1) is 10.8. The van der Waals surface area contributed by atoms with Crippen LogP contribution in [-0.2, 0) is 5.54 Å². The molecule has 0 radical (unpaired) electrons. The average Bonchev–Trinajstić information content (AvgIpc) is 2.52. The van der Waals surface area contributed by atoms with Crippen LogP contribution in [0.3, 0.4) is 0 Å². The summed E-state index contributed by atoms with van der Waals surface area (Å²) in [4.78, 5) is 4.43. The highest BCUT2D eigenvalue weighted by molar-refractivity contribution is 14.1. The highest BCUT2D eigenvalue weighted by atomic mass is 127. The molecule has 1 aromatic rings. The van der Waals surface area contributed by atoms with Gasteiger partial charge in [-0.1, -0.05) is 19.8 Å². The number of nitrogens with two attached hydrogens (primary N) is 1. The fourth-order valence-electron chi connectivity index (χ4n) is 2.27. The smallest absolute Gasteiger partial charge is 0.113 e. The van der Waals surface area contributed by atoms with E-state index in [9.17, 15) is 0 Å². The zero-order valence-corrected chi connectivity index (χ0v) is 11.3. The van der Waals surface area contributed by atoms with E-state index >= 15 is 0 Å². The Balaban J connectivity index is 2.22. The molecule has 14 heavy (non-hydrogen) atoms. The van der Waals surface area contributed by atoms with E-state index in [-0.39, 0.29) is 5.54 Å². The Hall–Kier alpha value is 0.320. The molecule has 0 amide bonds. The van der Waals surface area contributed by atoms with Crippen LogP contribution in [0, 0.1) is 8.80 Å². The molecule has 78 valence electrons. The number of rotatable bonds is 1. The van der Waals surface area contributed by atoms with Gasteiger partial charge in [0.2, 0.25) is 0 Å². The molecular formula is C10H15IN2S. The SMILES string of the molecule is CC1CCCC(N)(c2ncc(I)s2)C1. The maximum atomic E-state index is 6.43. The molecule has 0 spiro atoms. The summed E-state index contributed by atoms with van der Waals surface area (Å²) in [7, 11) is 0. The lowest BCUT2D eigenvalue weighted by Crippen LogP contribution is -2.40. The predicted molar refractivity (Wildman–Crippen MR) is 68.3 cm³/mol. The minimum Gasteiger partial charge on any atom is -0.319 e. The number of halogens is 1. The second-order valence-electron chi connectivity index (χ2n) is 4.33. The van der Waals surface area contributed by atoms with Gasteiger partial charge in [-0.25, -0.2) is 4.98 Å².